The maximum Gasteiger partial charge on any atom is 0.294 e. The molecule has 106 valence electrons. The molecule has 0 atom stereocenters. The predicted octanol–water partition coefficient (Wildman–Crippen LogP) is 2.41. The number of methoxy groups -OCH3 is 1. The molecule has 3 N–H and O–H groups in total. The Labute approximate surface area is 117 Å². The first-order chi connectivity index (χ1) is 9.70. The number of H-pyrrole nitrogens is 1. The molecule has 1 saturated carbocycles. The van der Waals surface area contributed by atoms with Crippen molar-refractivity contribution >= 4 is 5.69 Å². The Hall–Kier alpha value is -2.17. The lowest BCUT2D eigenvalue weighted by molar-refractivity contribution is 0.414. The zero-order valence-electron chi connectivity index (χ0n) is 11.6. The first-order valence-corrected chi connectivity index (χ1v) is 6.95. The van der Waals surface area contributed by atoms with Crippen LogP contribution >= 0.6 is 0 Å². The molecule has 0 saturated heterocycles. The molecule has 0 unspecified atom stereocenters. The fraction of sp³-hybridized carbons (Fsp3) is 0.400. The van der Waals surface area contributed by atoms with E-state index in [1.807, 2.05) is 24.3 Å². The van der Waals surface area contributed by atoms with E-state index in [0.717, 1.165) is 24.2 Å². The lowest BCUT2D eigenvalue weighted by atomic mass is 10.0. The third-order valence-corrected chi connectivity index (χ3v) is 4.03. The van der Waals surface area contributed by atoms with Crippen molar-refractivity contribution in [3.05, 3.63) is 40.3 Å². The van der Waals surface area contributed by atoms with E-state index in [0.29, 0.717) is 17.4 Å². The number of nitrogen functional groups attached to an aromatic ring is 1. The van der Waals surface area contributed by atoms with Crippen molar-refractivity contribution in [2.45, 2.75) is 31.6 Å². The van der Waals surface area contributed by atoms with Crippen LogP contribution in [-0.2, 0) is 0 Å². The zero-order chi connectivity index (χ0) is 14.1. The van der Waals surface area contributed by atoms with Crippen molar-refractivity contribution < 1.29 is 4.74 Å². The van der Waals surface area contributed by atoms with Gasteiger partial charge in [-0.25, -0.2) is 4.68 Å². The molecule has 2 aromatic rings. The molecule has 0 radical (unpaired) electrons. The summed E-state index contributed by atoms with van der Waals surface area (Å²) in [5.74, 6) is 1.10. The molecular weight excluding hydrogens is 254 g/mol. The molecular formula is C15H19N3O2. The van der Waals surface area contributed by atoms with E-state index < -0.39 is 0 Å². The summed E-state index contributed by atoms with van der Waals surface area (Å²) in [5, 5.41) is 3.18. The lowest BCUT2D eigenvalue weighted by Gasteiger charge is -2.07. The van der Waals surface area contributed by atoms with Gasteiger partial charge in [0.05, 0.1) is 18.5 Å². The summed E-state index contributed by atoms with van der Waals surface area (Å²) >= 11 is 0. The molecule has 5 heteroatoms. The molecule has 1 aliphatic rings. The number of aromatic amines is 1. The largest absolute Gasteiger partial charge is 0.497 e. The van der Waals surface area contributed by atoms with E-state index >= 15 is 0 Å². The van der Waals surface area contributed by atoms with Gasteiger partial charge in [-0.3, -0.25) is 9.89 Å². The number of anilines is 1. The molecule has 3 rings (SSSR count). The summed E-state index contributed by atoms with van der Waals surface area (Å²) in [7, 11) is 1.61. The van der Waals surface area contributed by atoms with Gasteiger partial charge in [0.2, 0.25) is 0 Å². The standard InChI is InChI=1S/C15H19N3O2/c1-20-12-8-4-7-11(9-12)18-15(19)13(16)14(17-18)10-5-2-3-6-10/h4,7-10,17H,2-3,5-6,16H2,1H3. The van der Waals surface area contributed by atoms with E-state index in [1.54, 1.807) is 7.11 Å². The van der Waals surface area contributed by atoms with Crippen LogP contribution in [0.5, 0.6) is 5.75 Å². The topological polar surface area (TPSA) is 73.0 Å². The average Bonchev–Trinajstić information content (AvgIpc) is 3.09. The number of ether oxygens (including phenoxy) is 1. The summed E-state index contributed by atoms with van der Waals surface area (Å²) in [6.45, 7) is 0. The number of benzene rings is 1. The lowest BCUT2D eigenvalue weighted by Crippen LogP contribution is -2.16. The van der Waals surface area contributed by atoms with Gasteiger partial charge in [-0.1, -0.05) is 18.9 Å². The second-order valence-electron chi connectivity index (χ2n) is 5.26. The smallest absolute Gasteiger partial charge is 0.294 e. The zero-order valence-corrected chi connectivity index (χ0v) is 11.6. The number of nitrogens with zero attached hydrogens (tertiary/aromatic N) is 1. The fourth-order valence-electron chi connectivity index (χ4n) is 2.92. The van der Waals surface area contributed by atoms with Gasteiger partial charge in [0.15, 0.2) is 0 Å². The van der Waals surface area contributed by atoms with Gasteiger partial charge >= 0.3 is 0 Å². The van der Waals surface area contributed by atoms with E-state index in [2.05, 4.69) is 5.10 Å². The highest BCUT2D eigenvalue weighted by atomic mass is 16.5. The monoisotopic (exact) mass is 273 g/mol. The van der Waals surface area contributed by atoms with E-state index in [9.17, 15) is 4.79 Å². The van der Waals surface area contributed by atoms with Crippen LogP contribution < -0.4 is 16.0 Å². The molecule has 1 aromatic heterocycles. The van der Waals surface area contributed by atoms with Gasteiger partial charge in [0.25, 0.3) is 5.56 Å². The van der Waals surface area contributed by atoms with Crippen molar-refractivity contribution in [1.29, 1.82) is 0 Å². The number of hydrogen-bond donors (Lipinski definition) is 2. The van der Waals surface area contributed by atoms with E-state index in [1.165, 1.54) is 17.5 Å². The SMILES string of the molecule is COc1cccc(-n2[nH]c(C3CCCC3)c(N)c2=O)c1. The molecule has 1 heterocycles. The Balaban J connectivity index is 2.05. The van der Waals surface area contributed by atoms with Crippen LogP contribution in [0.4, 0.5) is 5.69 Å². The van der Waals surface area contributed by atoms with Crippen molar-refractivity contribution in [3.63, 3.8) is 0 Å². The molecule has 0 bridgehead atoms. The fourth-order valence-corrected chi connectivity index (χ4v) is 2.92. The Morgan fingerprint density at radius 1 is 1.35 bits per heavy atom. The van der Waals surface area contributed by atoms with Crippen LogP contribution in [0.3, 0.4) is 0 Å². The normalized spacial score (nSPS) is 15.7. The number of nitrogens with one attached hydrogen (secondary N) is 1. The predicted molar refractivity (Wildman–Crippen MR) is 78.6 cm³/mol. The van der Waals surface area contributed by atoms with Crippen LogP contribution in [0.1, 0.15) is 37.3 Å². The van der Waals surface area contributed by atoms with Crippen LogP contribution in [0.25, 0.3) is 5.69 Å². The molecule has 0 aliphatic heterocycles. The number of aromatic nitrogens is 2. The molecule has 1 aliphatic carbocycles. The highest BCUT2D eigenvalue weighted by Crippen LogP contribution is 2.35. The van der Waals surface area contributed by atoms with Gasteiger partial charge in [-0.05, 0) is 25.0 Å². The Bertz CT molecular complexity index is 666. The molecule has 20 heavy (non-hydrogen) atoms. The second-order valence-corrected chi connectivity index (χ2v) is 5.26. The summed E-state index contributed by atoms with van der Waals surface area (Å²) in [6.07, 6.45) is 4.61. The summed E-state index contributed by atoms with van der Waals surface area (Å²) in [6, 6.07) is 7.37. The molecule has 0 spiro atoms. The second kappa shape index (κ2) is 5.07. The highest BCUT2D eigenvalue weighted by molar-refractivity contribution is 5.47. The number of hydrogen-bond acceptors (Lipinski definition) is 3. The third-order valence-electron chi connectivity index (χ3n) is 4.03. The minimum atomic E-state index is -0.180. The van der Waals surface area contributed by atoms with Gasteiger partial charge in [0.1, 0.15) is 11.4 Å². The van der Waals surface area contributed by atoms with Crippen molar-refractivity contribution in [1.82, 2.24) is 9.78 Å². The van der Waals surface area contributed by atoms with Crippen LogP contribution in [0.2, 0.25) is 0 Å². The quantitative estimate of drug-likeness (QED) is 0.902. The minimum absolute atomic E-state index is 0.180. The first kappa shape index (κ1) is 12.8. The summed E-state index contributed by atoms with van der Waals surface area (Å²) in [4.78, 5) is 12.3. The van der Waals surface area contributed by atoms with Gasteiger partial charge in [-0.2, -0.15) is 0 Å². The molecule has 5 nitrogen and oxygen atoms in total. The number of rotatable bonds is 3. The van der Waals surface area contributed by atoms with Gasteiger partial charge in [0, 0.05) is 12.0 Å². The molecule has 1 fully saturated rings. The van der Waals surface area contributed by atoms with Gasteiger partial charge in [-0.15, -0.1) is 0 Å². The van der Waals surface area contributed by atoms with Crippen molar-refractivity contribution in [2.24, 2.45) is 0 Å². The average molecular weight is 273 g/mol. The highest BCUT2D eigenvalue weighted by Gasteiger charge is 2.24. The molecule has 1 aromatic carbocycles. The summed E-state index contributed by atoms with van der Waals surface area (Å²) in [5.41, 5.74) is 7.79. The van der Waals surface area contributed by atoms with Gasteiger partial charge < -0.3 is 10.5 Å². The van der Waals surface area contributed by atoms with Crippen molar-refractivity contribution in [2.75, 3.05) is 12.8 Å². The Morgan fingerprint density at radius 3 is 2.80 bits per heavy atom. The van der Waals surface area contributed by atoms with Crippen LogP contribution in [-0.4, -0.2) is 16.9 Å². The third kappa shape index (κ3) is 2.09. The minimum Gasteiger partial charge on any atom is -0.497 e. The Morgan fingerprint density at radius 2 is 2.10 bits per heavy atom. The summed E-state index contributed by atoms with van der Waals surface area (Å²) < 4.78 is 6.70. The Kier molecular flexibility index (Phi) is 3.26. The maximum absolute atomic E-state index is 12.3. The van der Waals surface area contributed by atoms with E-state index in [4.69, 9.17) is 10.5 Å². The number of nitrogens with two attached hydrogens (primary N) is 1. The van der Waals surface area contributed by atoms with Crippen LogP contribution in [0, 0.1) is 0 Å². The maximum atomic E-state index is 12.3. The van der Waals surface area contributed by atoms with Crippen molar-refractivity contribution in [3.8, 4) is 11.4 Å². The first-order valence-electron chi connectivity index (χ1n) is 6.95. The molecule has 0 amide bonds. The van der Waals surface area contributed by atoms with E-state index in [-0.39, 0.29) is 5.56 Å². The van der Waals surface area contributed by atoms with Crippen LogP contribution in [0.15, 0.2) is 29.1 Å².